The second-order valence-electron chi connectivity index (χ2n) is 4.07. The fourth-order valence-corrected chi connectivity index (χ4v) is 2.68. The van der Waals surface area contributed by atoms with E-state index in [2.05, 4.69) is 22.2 Å². The first-order valence-electron chi connectivity index (χ1n) is 6.22. The second kappa shape index (κ2) is 7.48. The molecule has 0 spiro atoms. The molecule has 1 aromatic carbocycles. The molecule has 0 aliphatic carbocycles. The van der Waals surface area contributed by atoms with Gasteiger partial charge in [-0.15, -0.1) is 0 Å². The number of halogens is 1. The van der Waals surface area contributed by atoms with Gasteiger partial charge in [-0.25, -0.2) is 4.98 Å². The molecule has 0 saturated carbocycles. The van der Waals surface area contributed by atoms with Crippen molar-refractivity contribution in [2.24, 2.45) is 0 Å². The largest absolute Gasteiger partial charge is 0.313 e. The zero-order valence-corrected chi connectivity index (χ0v) is 12.3. The van der Waals surface area contributed by atoms with E-state index in [1.54, 1.807) is 30.4 Å². The van der Waals surface area contributed by atoms with Gasteiger partial charge in [0, 0.05) is 28.9 Å². The summed E-state index contributed by atoms with van der Waals surface area (Å²) in [6.45, 7) is 3.97. The van der Waals surface area contributed by atoms with Gasteiger partial charge in [0.25, 0.3) is 0 Å². The van der Waals surface area contributed by atoms with Crippen LogP contribution in [0.2, 0.25) is 5.02 Å². The smallest absolute Gasteiger partial charge is 0.119 e. The molecular formula is C14H16ClN3S. The Kier molecular flexibility index (Phi) is 5.63. The lowest BCUT2D eigenvalue weighted by atomic mass is 10.2. The van der Waals surface area contributed by atoms with Crippen molar-refractivity contribution < 1.29 is 0 Å². The van der Waals surface area contributed by atoms with Gasteiger partial charge in [0.05, 0.1) is 6.20 Å². The van der Waals surface area contributed by atoms with Crippen LogP contribution in [0, 0.1) is 0 Å². The molecule has 19 heavy (non-hydrogen) atoms. The lowest BCUT2D eigenvalue weighted by Crippen LogP contribution is -2.14. The highest BCUT2D eigenvalue weighted by molar-refractivity contribution is 7.99. The molecule has 0 bridgehead atoms. The van der Waals surface area contributed by atoms with Crippen molar-refractivity contribution in [3.05, 3.63) is 47.4 Å². The predicted octanol–water partition coefficient (Wildman–Crippen LogP) is 3.78. The minimum atomic E-state index is 0.761. The molecule has 2 rings (SSSR count). The average Bonchev–Trinajstić information content (AvgIpc) is 2.43. The molecule has 3 nitrogen and oxygen atoms in total. The second-order valence-corrected chi connectivity index (χ2v) is 5.57. The van der Waals surface area contributed by atoms with Crippen LogP contribution in [0.15, 0.2) is 46.7 Å². The zero-order chi connectivity index (χ0) is 13.5. The SMILES string of the molecule is CCCNCc1cc(Cl)ccc1Sc1cnccn1. The van der Waals surface area contributed by atoms with Crippen LogP contribution >= 0.6 is 23.4 Å². The molecule has 0 unspecified atom stereocenters. The van der Waals surface area contributed by atoms with E-state index in [0.29, 0.717) is 0 Å². The zero-order valence-electron chi connectivity index (χ0n) is 10.8. The Morgan fingerprint density at radius 2 is 2.21 bits per heavy atom. The number of hydrogen-bond donors (Lipinski definition) is 1. The maximum Gasteiger partial charge on any atom is 0.119 e. The number of nitrogens with one attached hydrogen (secondary N) is 1. The Morgan fingerprint density at radius 3 is 2.95 bits per heavy atom. The molecule has 1 heterocycles. The van der Waals surface area contributed by atoms with Crippen LogP contribution in [0.4, 0.5) is 0 Å². The monoisotopic (exact) mass is 293 g/mol. The van der Waals surface area contributed by atoms with Gasteiger partial charge in [0.2, 0.25) is 0 Å². The molecule has 0 aliphatic rings. The van der Waals surface area contributed by atoms with E-state index in [0.717, 1.165) is 34.5 Å². The normalized spacial score (nSPS) is 10.6. The Labute approximate surface area is 122 Å². The average molecular weight is 294 g/mol. The summed E-state index contributed by atoms with van der Waals surface area (Å²) >= 11 is 7.68. The summed E-state index contributed by atoms with van der Waals surface area (Å²) in [6.07, 6.45) is 6.26. The minimum Gasteiger partial charge on any atom is -0.313 e. The lowest BCUT2D eigenvalue weighted by molar-refractivity contribution is 0.669. The number of rotatable bonds is 6. The van der Waals surface area contributed by atoms with Gasteiger partial charge in [-0.2, -0.15) is 0 Å². The van der Waals surface area contributed by atoms with Crippen molar-refractivity contribution in [1.29, 1.82) is 0 Å². The molecule has 0 radical (unpaired) electrons. The summed E-state index contributed by atoms with van der Waals surface area (Å²) in [5.74, 6) is 0. The first-order chi connectivity index (χ1) is 9.29. The van der Waals surface area contributed by atoms with Crippen LogP contribution in [0.1, 0.15) is 18.9 Å². The summed E-state index contributed by atoms with van der Waals surface area (Å²) in [6, 6.07) is 5.94. The van der Waals surface area contributed by atoms with Crippen LogP contribution in [-0.4, -0.2) is 16.5 Å². The van der Waals surface area contributed by atoms with E-state index in [1.165, 1.54) is 5.56 Å². The summed E-state index contributed by atoms with van der Waals surface area (Å²) in [5, 5.41) is 5.05. The first kappa shape index (κ1) is 14.3. The van der Waals surface area contributed by atoms with Gasteiger partial charge in [-0.3, -0.25) is 4.98 Å². The van der Waals surface area contributed by atoms with Crippen LogP contribution in [0.25, 0.3) is 0 Å². The maximum atomic E-state index is 6.07. The predicted molar refractivity (Wildman–Crippen MR) is 79.6 cm³/mol. The van der Waals surface area contributed by atoms with Crippen molar-refractivity contribution >= 4 is 23.4 Å². The molecule has 100 valence electrons. The summed E-state index contributed by atoms with van der Waals surface area (Å²) < 4.78 is 0. The van der Waals surface area contributed by atoms with Crippen molar-refractivity contribution in [3.8, 4) is 0 Å². The summed E-state index contributed by atoms with van der Waals surface area (Å²) in [4.78, 5) is 9.52. The quantitative estimate of drug-likeness (QED) is 0.823. The van der Waals surface area contributed by atoms with Crippen LogP contribution in [0.3, 0.4) is 0 Å². The molecular weight excluding hydrogens is 278 g/mol. The van der Waals surface area contributed by atoms with E-state index >= 15 is 0 Å². The Balaban J connectivity index is 2.14. The number of hydrogen-bond acceptors (Lipinski definition) is 4. The molecule has 0 aliphatic heterocycles. The van der Waals surface area contributed by atoms with Crippen molar-refractivity contribution in [3.63, 3.8) is 0 Å². The van der Waals surface area contributed by atoms with Gasteiger partial charge in [-0.05, 0) is 36.7 Å². The van der Waals surface area contributed by atoms with Crippen LogP contribution < -0.4 is 5.32 Å². The molecule has 1 aromatic heterocycles. The Bertz CT molecular complexity index is 519. The third-order valence-electron chi connectivity index (χ3n) is 2.52. The molecule has 0 atom stereocenters. The standard InChI is InChI=1S/C14H16ClN3S/c1-2-5-16-9-11-8-12(15)3-4-13(11)19-14-10-17-6-7-18-14/h3-4,6-8,10,16H,2,5,9H2,1H3. The topological polar surface area (TPSA) is 37.8 Å². The minimum absolute atomic E-state index is 0.761. The van der Waals surface area contributed by atoms with Crippen molar-refractivity contribution in [2.45, 2.75) is 29.8 Å². The molecule has 0 amide bonds. The fourth-order valence-electron chi connectivity index (χ4n) is 1.64. The van der Waals surface area contributed by atoms with Gasteiger partial charge in [-0.1, -0.05) is 30.3 Å². The van der Waals surface area contributed by atoms with E-state index < -0.39 is 0 Å². The van der Waals surface area contributed by atoms with E-state index in [9.17, 15) is 0 Å². The highest BCUT2D eigenvalue weighted by Crippen LogP contribution is 2.30. The Hall–Kier alpha value is -1.10. The third kappa shape index (κ3) is 4.49. The van der Waals surface area contributed by atoms with Gasteiger partial charge in [0.15, 0.2) is 0 Å². The van der Waals surface area contributed by atoms with Crippen LogP contribution in [0.5, 0.6) is 0 Å². The van der Waals surface area contributed by atoms with Gasteiger partial charge < -0.3 is 5.32 Å². The lowest BCUT2D eigenvalue weighted by Gasteiger charge is -2.10. The van der Waals surface area contributed by atoms with Gasteiger partial charge in [0.1, 0.15) is 5.03 Å². The van der Waals surface area contributed by atoms with Gasteiger partial charge >= 0.3 is 0 Å². The highest BCUT2D eigenvalue weighted by atomic mass is 35.5. The first-order valence-corrected chi connectivity index (χ1v) is 7.42. The third-order valence-corrected chi connectivity index (χ3v) is 3.79. The summed E-state index contributed by atoms with van der Waals surface area (Å²) in [7, 11) is 0. The highest BCUT2D eigenvalue weighted by Gasteiger charge is 2.06. The van der Waals surface area contributed by atoms with Crippen molar-refractivity contribution in [1.82, 2.24) is 15.3 Å². The molecule has 5 heteroatoms. The number of aromatic nitrogens is 2. The molecule has 2 aromatic rings. The molecule has 0 fully saturated rings. The fraction of sp³-hybridized carbons (Fsp3) is 0.286. The maximum absolute atomic E-state index is 6.07. The van der Waals surface area contributed by atoms with Crippen LogP contribution in [-0.2, 0) is 6.54 Å². The number of benzene rings is 1. The Morgan fingerprint density at radius 1 is 1.32 bits per heavy atom. The molecule has 1 N–H and O–H groups in total. The molecule has 0 saturated heterocycles. The van der Waals surface area contributed by atoms with E-state index in [-0.39, 0.29) is 0 Å². The van der Waals surface area contributed by atoms with E-state index in [4.69, 9.17) is 11.6 Å². The van der Waals surface area contributed by atoms with E-state index in [1.807, 2.05) is 18.2 Å². The number of nitrogens with zero attached hydrogens (tertiary/aromatic N) is 2. The van der Waals surface area contributed by atoms with Crippen molar-refractivity contribution in [2.75, 3.05) is 6.54 Å². The summed E-state index contributed by atoms with van der Waals surface area (Å²) in [5.41, 5.74) is 1.19.